The molecule has 2 aliphatic heterocycles. The molecule has 1 aromatic heterocycles. The summed E-state index contributed by atoms with van der Waals surface area (Å²) >= 11 is 13.6. The number of aryl methyl sites for hydroxylation is 1. The zero-order valence-corrected chi connectivity index (χ0v) is 20.3. The zero-order valence-electron chi connectivity index (χ0n) is 18.0. The summed E-state index contributed by atoms with van der Waals surface area (Å²) in [5, 5.41) is 16.2. The second-order valence-electron chi connectivity index (χ2n) is 8.38. The van der Waals surface area contributed by atoms with E-state index in [-0.39, 0.29) is 25.1 Å². The van der Waals surface area contributed by atoms with Crippen molar-refractivity contribution in [3.05, 3.63) is 50.1 Å². The van der Waals surface area contributed by atoms with Crippen LogP contribution < -0.4 is 21.3 Å². The number of hydrogen-bond acceptors (Lipinski definition) is 6. The van der Waals surface area contributed by atoms with Crippen LogP contribution in [0.3, 0.4) is 0 Å². The Kier molecular flexibility index (Phi) is 6.61. The van der Waals surface area contributed by atoms with Gasteiger partial charge in [0.1, 0.15) is 5.54 Å². The lowest BCUT2D eigenvalue weighted by atomic mass is 9.77. The molecule has 3 heterocycles. The predicted molar refractivity (Wildman–Crippen MR) is 128 cm³/mol. The third-order valence-electron chi connectivity index (χ3n) is 6.40. The Labute approximate surface area is 209 Å². The Morgan fingerprint density at radius 1 is 1.24 bits per heavy atom. The summed E-state index contributed by atoms with van der Waals surface area (Å²) in [5.74, 6) is -4.50. The molecule has 2 aromatic rings. The Balaban J connectivity index is 1.77. The minimum absolute atomic E-state index is 0.0130. The Bertz CT molecular complexity index is 1190. The summed E-state index contributed by atoms with van der Waals surface area (Å²) in [7, 11) is 0. The molecule has 2 fully saturated rings. The fraction of sp³-hybridized carbons (Fsp3) is 0.364. The van der Waals surface area contributed by atoms with Gasteiger partial charge >= 0.3 is 12.0 Å². The molecule has 5 N–H and O–H groups in total. The van der Waals surface area contributed by atoms with Crippen LogP contribution in [-0.4, -0.2) is 41.0 Å². The number of anilines is 1. The number of hydrogen-bond donors (Lipinski definition) is 4. The van der Waals surface area contributed by atoms with Gasteiger partial charge in [0.05, 0.1) is 27.9 Å². The first-order valence-corrected chi connectivity index (χ1v) is 12.1. The van der Waals surface area contributed by atoms with Crippen molar-refractivity contribution in [1.82, 2.24) is 10.6 Å². The second kappa shape index (κ2) is 9.18. The summed E-state index contributed by atoms with van der Waals surface area (Å²) in [4.78, 5) is 52.7. The lowest BCUT2D eigenvalue weighted by Crippen LogP contribution is -2.56. The van der Waals surface area contributed by atoms with Gasteiger partial charge in [-0.15, -0.1) is 11.3 Å². The maximum absolute atomic E-state index is 13.7. The number of thiophene rings is 1. The molecule has 12 heteroatoms. The van der Waals surface area contributed by atoms with Crippen LogP contribution in [0.25, 0.3) is 0 Å². The lowest BCUT2D eigenvalue weighted by molar-refractivity contribution is -0.149. The molecule has 2 saturated heterocycles. The van der Waals surface area contributed by atoms with Crippen molar-refractivity contribution in [3.8, 4) is 0 Å². The quantitative estimate of drug-likeness (QED) is 0.323. The zero-order chi connectivity index (χ0) is 24.8. The Hall–Kier alpha value is -2.66. The number of rotatable bonds is 7. The number of primary amides is 1. The first kappa shape index (κ1) is 24.5. The highest BCUT2D eigenvalue weighted by Gasteiger charge is 2.68. The summed E-state index contributed by atoms with van der Waals surface area (Å²) in [6.07, 6.45) is 0.210. The number of carbonyl (C=O) groups excluding carboxylic acids is 3. The second-order valence-corrected chi connectivity index (χ2v) is 10.5. The molecule has 4 unspecified atom stereocenters. The Morgan fingerprint density at radius 2 is 1.97 bits per heavy atom. The van der Waals surface area contributed by atoms with E-state index in [0.717, 1.165) is 10.5 Å². The van der Waals surface area contributed by atoms with E-state index < -0.39 is 47.2 Å². The third-order valence-corrected chi connectivity index (χ3v) is 8.12. The van der Waals surface area contributed by atoms with Crippen molar-refractivity contribution in [2.75, 3.05) is 11.4 Å². The highest BCUT2D eigenvalue weighted by Crippen LogP contribution is 2.52. The van der Waals surface area contributed by atoms with E-state index >= 15 is 0 Å². The van der Waals surface area contributed by atoms with Gasteiger partial charge in [0, 0.05) is 16.4 Å². The van der Waals surface area contributed by atoms with E-state index in [0.29, 0.717) is 14.2 Å². The number of nitrogens with zero attached hydrogens (tertiary/aromatic N) is 1. The van der Waals surface area contributed by atoms with Gasteiger partial charge < -0.3 is 16.2 Å². The fourth-order valence-electron chi connectivity index (χ4n) is 4.83. The first-order chi connectivity index (χ1) is 16.1. The highest BCUT2D eigenvalue weighted by molar-refractivity contribution is 7.16. The number of nitrogens with one attached hydrogen (secondary N) is 2. The van der Waals surface area contributed by atoms with E-state index in [1.54, 1.807) is 31.2 Å². The van der Waals surface area contributed by atoms with Crippen molar-refractivity contribution in [3.63, 3.8) is 0 Å². The number of imide groups is 1. The third kappa shape index (κ3) is 4.04. The van der Waals surface area contributed by atoms with Gasteiger partial charge in [-0.3, -0.25) is 19.7 Å². The number of aliphatic carboxylic acids is 1. The van der Waals surface area contributed by atoms with Crippen LogP contribution in [0.5, 0.6) is 0 Å². The summed E-state index contributed by atoms with van der Waals surface area (Å²) in [5.41, 5.74) is 4.43. The van der Waals surface area contributed by atoms with E-state index in [9.17, 15) is 24.3 Å². The van der Waals surface area contributed by atoms with Crippen LogP contribution in [0, 0.1) is 18.8 Å². The molecule has 1 aromatic carbocycles. The van der Waals surface area contributed by atoms with Crippen LogP contribution in [0.15, 0.2) is 30.3 Å². The molecular formula is C22H22Cl2N4O5S. The molecule has 180 valence electrons. The molecule has 4 amide bonds. The van der Waals surface area contributed by atoms with E-state index in [1.165, 1.54) is 17.4 Å². The van der Waals surface area contributed by atoms with Crippen LogP contribution in [0.4, 0.5) is 10.5 Å². The average molecular weight is 525 g/mol. The van der Waals surface area contributed by atoms with Crippen LogP contribution in [-0.2, 0) is 14.4 Å². The van der Waals surface area contributed by atoms with Gasteiger partial charge in [0.25, 0.3) is 0 Å². The van der Waals surface area contributed by atoms with E-state index in [1.807, 2.05) is 0 Å². The van der Waals surface area contributed by atoms with Gasteiger partial charge in [0.15, 0.2) is 0 Å². The number of amides is 4. The summed E-state index contributed by atoms with van der Waals surface area (Å²) < 4.78 is 0.478. The highest BCUT2D eigenvalue weighted by atomic mass is 35.5. The number of fused-ring (bicyclic) bond motifs is 1. The molecule has 0 bridgehead atoms. The number of halogens is 2. The topological polar surface area (TPSA) is 142 Å². The van der Waals surface area contributed by atoms with Gasteiger partial charge in [-0.25, -0.2) is 9.69 Å². The minimum atomic E-state index is -1.74. The van der Waals surface area contributed by atoms with Crippen molar-refractivity contribution >= 4 is 64.0 Å². The molecule has 0 radical (unpaired) electrons. The van der Waals surface area contributed by atoms with Gasteiger partial charge in [0.2, 0.25) is 11.8 Å². The molecule has 4 atom stereocenters. The van der Waals surface area contributed by atoms with Crippen molar-refractivity contribution in [2.24, 2.45) is 17.6 Å². The van der Waals surface area contributed by atoms with Crippen LogP contribution in [0.2, 0.25) is 9.36 Å². The average Bonchev–Trinajstić information content (AvgIpc) is 3.42. The number of carboxylic acids is 1. The van der Waals surface area contributed by atoms with Crippen LogP contribution >= 0.6 is 34.5 Å². The van der Waals surface area contributed by atoms with Crippen molar-refractivity contribution in [2.45, 2.75) is 31.3 Å². The van der Waals surface area contributed by atoms with E-state index in [2.05, 4.69) is 10.6 Å². The van der Waals surface area contributed by atoms with Gasteiger partial charge in [-0.1, -0.05) is 29.3 Å². The maximum atomic E-state index is 13.7. The molecule has 0 spiro atoms. The van der Waals surface area contributed by atoms with Gasteiger partial charge in [-0.2, -0.15) is 0 Å². The van der Waals surface area contributed by atoms with Crippen LogP contribution in [0.1, 0.15) is 29.3 Å². The number of benzene rings is 1. The smallest absolute Gasteiger partial charge is 0.324 e. The molecule has 2 aliphatic rings. The van der Waals surface area contributed by atoms with Crippen molar-refractivity contribution < 1.29 is 24.3 Å². The summed E-state index contributed by atoms with van der Waals surface area (Å²) in [6, 6.07) is 6.75. The Morgan fingerprint density at radius 3 is 2.56 bits per heavy atom. The normalized spacial score (nSPS) is 26.1. The molecule has 9 nitrogen and oxygen atoms in total. The molecule has 0 saturated carbocycles. The lowest BCUT2D eigenvalue weighted by Gasteiger charge is -2.31. The maximum Gasteiger partial charge on any atom is 0.324 e. The molecule has 0 aliphatic carbocycles. The first-order valence-electron chi connectivity index (χ1n) is 10.5. The standard InChI is InChI=1S/C22H22Cl2N4O5S/c1-10-3-4-11(9-12(10)23)28-18(29)15-16(19(28)30)22(20(31)32,7-2-8-26-21(25)33)27-17(15)13-5-6-14(24)34-13/h3-6,9,15-17,27H,2,7-8H2,1H3,(H,31,32)(H3,25,26,33). The van der Waals surface area contributed by atoms with E-state index in [4.69, 9.17) is 28.9 Å². The molecule has 34 heavy (non-hydrogen) atoms. The monoisotopic (exact) mass is 524 g/mol. The predicted octanol–water partition coefficient (Wildman–Crippen LogP) is 3.09. The van der Waals surface area contributed by atoms with Gasteiger partial charge in [-0.05, 0) is 49.6 Å². The number of carbonyl (C=O) groups is 4. The number of urea groups is 1. The fourth-order valence-corrected chi connectivity index (χ4v) is 6.16. The molecular weight excluding hydrogens is 503 g/mol. The SMILES string of the molecule is Cc1ccc(N2C(=O)C3C(c4ccc(Cl)s4)NC(CCCNC(N)=O)(C(=O)O)C3C2=O)cc1Cl. The largest absolute Gasteiger partial charge is 0.480 e. The van der Waals surface area contributed by atoms with Crippen molar-refractivity contribution in [1.29, 1.82) is 0 Å². The minimum Gasteiger partial charge on any atom is -0.480 e. The number of carboxylic acid groups (broad SMARTS) is 1. The number of nitrogens with two attached hydrogens (primary N) is 1. The summed E-state index contributed by atoms with van der Waals surface area (Å²) in [6.45, 7) is 1.92. The molecule has 4 rings (SSSR count).